The van der Waals surface area contributed by atoms with Crippen LogP contribution in [0.5, 0.6) is 5.75 Å². The van der Waals surface area contributed by atoms with Crippen molar-refractivity contribution in [3.8, 4) is 5.75 Å². The zero-order valence-corrected chi connectivity index (χ0v) is 15.8. The van der Waals surface area contributed by atoms with Gasteiger partial charge in [-0.15, -0.1) is 0 Å². The summed E-state index contributed by atoms with van der Waals surface area (Å²) in [5, 5.41) is 14.5. The molecule has 0 aromatic heterocycles. The van der Waals surface area contributed by atoms with E-state index in [9.17, 15) is 19.3 Å². The predicted octanol–water partition coefficient (Wildman–Crippen LogP) is 4.01. The summed E-state index contributed by atoms with van der Waals surface area (Å²) in [5.74, 6) is 0.0280. The van der Waals surface area contributed by atoms with Crippen molar-refractivity contribution in [2.75, 3.05) is 0 Å². The lowest BCUT2D eigenvalue weighted by Gasteiger charge is -2.06. The lowest BCUT2D eigenvalue weighted by Crippen LogP contribution is -2.19. The second-order valence-corrected chi connectivity index (χ2v) is 6.38. The van der Waals surface area contributed by atoms with Crippen molar-refractivity contribution in [1.82, 2.24) is 5.43 Å². The second kappa shape index (κ2) is 9.92. The van der Waals surface area contributed by atoms with Gasteiger partial charge in [-0.05, 0) is 53.1 Å². The highest BCUT2D eigenvalue weighted by Gasteiger charge is 2.06. The largest absolute Gasteiger partial charge is 0.489 e. The topological polar surface area (TPSA) is 93.8 Å². The maximum Gasteiger partial charge on any atom is 0.269 e. The number of carbonyl (C=O) groups is 1. The molecule has 0 spiro atoms. The van der Waals surface area contributed by atoms with Gasteiger partial charge in [0, 0.05) is 12.1 Å². The molecule has 0 unspecified atom stereocenters. The molecule has 3 aromatic carbocycles. The summed E-state index contributed by atoms with van der Waals surface area (Å²) in [6.45, 7) is 0.326. The normalized spacial score (nSPS) is 10.7. The first-order valence-corrected chi connectivity index (χ1v) is 9.02. The highest BCUT2D eigenvalue weighted by Crippen LogP contribution is 2.14. The standard InChI is InChI=1S/C22H18FN3O4/c23-19-7-1-18(2-8-19)15-30-21-11-5-17(6-12-21)14-24-25-22(27)13-16-3-9-20(10-4-16)26(28)29/h1-12,14H,13,15H2,(H,25,27)/b24-14+. The molecular weight excluding hydrogens is 389 g/mol. The van der Waals surface area contributed by atoms with E-state index in [0.717, 1.165) is 11.1 Å². The summed E-state index contributed by atoms with van der Waals surface area (Å²) in [4.78, 5) is 22.1. The van der Waals surface area contributed by atoms with Gasteiger partial charge in [0.1, 0.15) is 18.2 Å². The zero-order chi connectivity index (χ0) is 21.3. The van der Waals surface area contributed by atoms with Crippen LogP contribution in [0.2, 0.25) is 0 Å². The van der Waals surface area contributed by atoms with Gasteiger partial charge in [0.2, 0.25) is 5.91 Å². The first kappa shape index (κ1) is 20.7. The SMILES string of the molecule is O=C(Cc1ccc([N+](=O)[O-])cc1)N/N=C/c1ccc(OCc2ccc(F)cc2)cc1. The van der Waals surface area contributed by atoms with E-state index in [1.165, 1.54) is 42.6 Å². The van der Waals surface area contributed by atoms with Crippen LogP contribution in [0.25, 0.3) is 0 Å². The molecule has 8 heteroatoms. The van der Waals surface area contributed by atoms with Crippen molar-refractivity contribution in [1.29, 1.82) is 0 Å². The molecule has 0 saturated heterocycles. The molecule has 0 atom stereocenters. The summed E-state index contributed by atoms with van der Waals surface area (Å²) in [6.07, 6.45) is 1.56. The number of amides is 1. The van der Waals surface area contributed by atoms with Crippen LogP contribution in [0, 0.1) is 15.9 Å². The van der Waals surface area contributed by atoms with E-state index in [4.69, 9.17) is 4.74 Å². The Morgan fingerprint density at radius 3 is 2.27 bits per heavy atom. The lowest BCUT2D eigenvalue weighted by molar-refractivity contribution is -0.384. The molecule has 1 amide bonds. The van der Waals surface area contributed by atoms with Crippen LogP contribution in [0.15, 0.2) is 77.9 Å². The van der Waals surface area contributed by atoms with Crippen molar-refractivity contribution in [2.45, 2.75) is 13.0 Å². The molecule has 0 aliphatic heterocycles. The zero-order valence-electron chi connectivity index (χ0n) is 15.8. The van der Waals surface area contributed by atoms with E-state index >= 15 is 0 Å². The number of benzene rings is 3. The maximum atomic E-state index is 12.9. The number of hydrazone groups is 1. The fourth-order valence-electron chi connectivity index (χ4n) is 2.54. The third-order valence-corrected chi connectivity index (χ3v) is 4.11. The number of non-ortho nitro benzene ring substituents is 1. The Balaban J connectivity index is 1.45. The summed E-state index contributed by atoms with van der Waals surface area (Å²) < 4.78 is 18.5. The van der Waals surface area contributed by atoms with Crippen molar-refractivity contribution in [3.05, 3.63) is 105 Å². The van der Waals surface area contributed by atoms with E-state index in [1.807, 2.05) is 0 Å². The number of nitrogens with zero attached hydrogens (tertiary/aromatic N) is 2. The number of rotatable bonds is 8. The van der Waals surface area contributed by atoms with Gasteiger partial charge >= 0.3 is 0 Å². The van der Waals surface area contributed by atoms with Crippen LogP contribution < -0.4 is 10.2 Å². The van der Waals surface area contributed by atoms with Crippen molar-refractivity contribution in [3.63, 3.8) is 0 Å². The van der Waals surface area contributed by atoms with Crippen LogP contribution in [-0.4, -0.2) is 17.0 Å². The maximum absolute atomic E-state index is 12.9. The molecule has 0 heterocycles. The molecule has 1 N–H and O–H groups in total. The quantitative estimate of drug-likeness (QED) is 0.347. The molecule has 30 heavy (non-hydrogen) atoms. The summed E-state index contributed by atoms with van der Waals surface area (Å²) in [7, 11) is 0. The Labute approximate surface area is 172 Å². The molecule has 0 aliphatic carbocycles. The van der Waals surface area contributed by atoms with Gasteiger partial charge in [-0.3, -0.25) is 14.9 Å². The van der Waals surface area contributed by atoms with E-state index in [1.54, 1.807) is 36.4 Å². The predicted molar refractivity (Wildman–Crippen MR) is 110 cm³/mol. The van der Waals surface area contributed by atoms with Crippen molar-refractivity contribution >= 4 is 17.8 Å². The van der Waals surface area contributed by atoms with Crippen LogP contribution in [0.1, 0.15) is 16.7 Å². The molecule has 0 aliphatic rings. The first-order chi connectivity index (χ1) is 14.5. The third kappa shape index (κ3) is 6.23. The third-order valence-electron chi connectivity index (χ3n) is 4.11. The first-order valence-electron chi connectivity index (χ1n) is 9.02. The van der Waals surface area contributed by atoms with Gasteiger partial charge < -0.3 is 4.74 Å². The monoisotopic (exact) mass is 407 g/mol. The minimum atomic E-state index is -0.493. The van der Waals surface area contributed by atoms with Crippen LogP contribution in [0.4, 0.5) is 10.1 Å². The second-order valence-electron chi connectivity index (χ2n) is 6.38. The molecule has 0 bridgehead atoms. The fourth-order valence-corrected chi connectivity index (χ4v) is 2.54. The summed E-state index contributed by atoms with van der Waals surface area (Å²) >= 11 is 0. The highest BCUT2D eigenvalue weighted by atomic mass is 19.1. The number of hydrogen-bond donors (Lipinski definition) is 1. The number of halogens is 1. The van der Waals surface area contributed by atoms with Gasteiger partial charge in [-0.25, -0.2) is 9.82 Å². The Kier molecular flexibility index (Phi) is 6.83. The molecule has 7 nitrogen and oxygen atoms in total. The minimum Gasteiger partial charge on any atom is -0.489 e. The minimum absolute atomic E-state index is 0.0257. The van der Waals surface area contributed by atoms with Crippen LogP contribution in [0.3, 0.4) is 0 Å². The van der Waals surface area contributed by atoms with E-state index in [0.29, 0.717) is 17.9 Å². The van der Waals surface area contributed by atoms with Crippen molar-refractivity contribution in [2.24, 2.45) is 5.10 Å². The van der Waals surface area contributed by atoms with Gasteiger partial charge in [0.25, 0.3) is 5.69 Å². The Morgan fingerprint density at radius 1 is 1.00 bits per heavy atom. The molecule has 0 radical (unpaired) electrons. The van der Waals surface area contributed by atoms with Gasteiger partial charge in [0.05, 0.1) is 17.6 Å². The molecule has 3 rings (SSSR count). The Morgan fingerprint density at radius 2 is 1.63 bits per heavy atom. The number of nitro groups is 1. The smallest absolute Gasteiger partial charge is 0.269 e. The van der Waals surface area contributed by atoms with Crippen LogP contribution >= 0.6 is 0 Å². The fraction of sp³-hybridized carbons (Fsp3) is 0.0909. The average Bonchev–Trinajstić information content (AvgIpc) is 2.74. The number of nitrogens with one attached hydrogen (secondary N) is 1. The van der Waals surface area contributed by atoms with Crippen molar-refractivity contribution < 1.29 is 18.8 Å². The molecule has 0 saturated carbocycles. The summed E-state index contributed by atoms with van der Waals surface area (Å²) in [5.41, 5.74) is 4.66. The molecule has 3 aromatic rings. The van der Waals surface area contributed by atoms with Gasteiger partial charge in [0.15, 0.2) is 0 Å². The molecular formula is C22H18FN3O4. The number of ether oxygens (including phenoxy) is 1. The number of nitro benzene ring substituents is 1. The molecule has 152 valence electrons. The van der Waals surface area contributed by atoms with Gasteiger partial charge in [-0.1, -0.05) is 24.3 Å². The Bertz CT molecular complexity index is 1030. The van der Waals surface area contributed by atoms with Crippen LogP contribution in [-0.2, 0) is 17.8 Å². The lowest BCUT2D eigenvalue weighted by atomic mass is 10.1. The number of hydrogen-bond acceptors (Lipinski definition) is 5. The number of carbonyl (C=O) groups excluding carboxylic acids is 1. The van der Waals surface area contributed by atoms with E-state index in [2.05, 4.69) is 10.5 Å². The van der Waals surface area contributed by atoms with Gasteiger partial charge in [-0.2, -0.15) is 5.10 Å². The molecule has 0 fully saturated rings. The highest BCUT2D eigenvalue weighted by molar-refractivity contribution is 5.83. The van der Waals surface area contributed by atoms with E-state index in [-0.39, 0.29) is 23.8 Å². The van der Waals surface area contributed by atoms with E-state index < -0.39 is 4.92 Å². The summed E-state index contributed by atoms with van der Waals surface area (Å²) in [6, 6.07) is 19.0. The average molecular weight is 407 g/mol. The Hall–Kier alpha value is -4.07.